The van der Waals surface area contributed by atoms with E-state index in [2.05, 4.69) is 4.98 Å². The molecular formula is C18H17FN2O4S. The number of halogens is 1. The highest BCUT2D eigenvalue weighted by molar-refractivity contribution is 7.89. The van der Waals surface area contributed by atoms with Gasteiger partial charge in [-0.05, 0) is 49.1 Å². The first kappa shape index (κ1) is 17.0. The standard InChI is InChI=1S/C18H17FN2O4S/c19-13-5-3-12(4-6-13)10-14-2-1-9-21(14)26(23,24)15-7-8-16-17(11-15)25-18(22)20-16/h3-8,11,14H,1-2,9-10H2,(H,20,22). The summed E-state index contributed by atoms with van der Waals surface area (Å²) in [6, 6.07) is 10.3. The third-order valence-corrected chi connectivity index (χ3v) is 6.65. The van der Waals surface area contributed by atoms with Crippen molar-refractivity contribution in [1.29, 1.82) is 0 Å². The SMILES string of the molecule is O=c1[nH]c2ccc(S(=O)(=O)N3CCCC3Cc3ccc(F)cc3)cc2o1. The van der Waals surface area contributed by atoms with E-state index >= 15 is 0 Å². The molecule has 0 aliphatic carbocycles. The molecule has 6 nitrogen and oxygen atoms in total. The lowest BCUT2D eigenvalue weighted by atomic mass is 10.0. The van der Waals surface area contributed by atoms with Crippen molar-refractivity contribution in [3.63, 3.8) is 0 Å². The lowest BCUT2D eigenvalue weighted by Crippen LogP contribution is -2.36. The number of aromatic nitrogens is 1. The van der Waals surface area contributed by atoms with Gasteiger partial charge in [-0.25, -0.2) is 17.6 Å². The van der Waals surface area contributed by atoms with Gasteiger partial charge in [0.2, 0.25) is 10.0 Å². The molecule has 0 amide bonds. The molecular weight excluding hydrogens is 359 g/mol. The van der Waals surface area contributed by atoms with Gasteiger partial charge in [0.05, 0.1) is 10.4 Å². The van der Waals surface area contributed by atoms with E-state index in [4.69, 9.17) is 4.42 Å². The second-order valence-corrected chi connectivity index (χ2v) is 8.31. The first-order chi connectivity index (χ1) is 12.4. The second kappa shape index (κ2) is 6.37. The molecule has 0 radical (unpaired) electrons. The fourth-order valence-corrected chi connectivity index (χ4v) is 5.15. The number of benzene rings is 2. The van der Waals surface area contributed by atoms with Gasteiger partial charge < -0.3 is 4.42 Å². The van der Waals surface area contributed by atoms with Crippen molar-refractivity contribution < 1.29 is 17.2 Å². The van der Waals surface area contributed by atoms with E-state index < -0.39 is 15.8 Å². The van der Waals surface area contributed by atoms with Crippen LogP contribution in [-0.4, -0.2) is 30.3 Å². The van der Waals surface area contributed by atoms with Gasteiger partial charge in [-0.15, -0.1) is 0 Å². The Morgan fingerprint density at radius 3 is 2.73 bits per heavy atom. The Morgan fingerprint density at radius 1 is 1.19 bits per heavy atom. The predicted molar refractivity (Wildman–Crippen MR) is 93.9 cm³/mol. The van der Waals surface area contributed by atoms with Crippen molar-refractivity contribution in [2.45, 2.75) is 30.2 Å². The van der Waals surface area contributed by atoms with Crippen molar-refractivity contribution in [1.82, 2.24) is 9.29 Å². The molecule has 3 aromatic rings. The zero-order chi connectivity index (χ0) is 18.3. The number of nitrogens with one attached hydrogen (secondary N) is 1. The minimum Gasteiger partial charge on any atom is -0.408 e. The highest BCUT2D eigenvalue weighted by Gasteiger charge is 2.35. The van der Waals surface area contributed by atoms with Crippen LogP contribution >= 0.6 is 0 Å². The van der Waals surface area contributed by atoms with Gasteiger partial charge >= 0.3 is 5.76 Å². The Hall–Kier alpha value is -2.45. The fourth-order valence-electron chi connectivity index (χ4n) is 3.44. The maximum atomic E-state index is 13.1. The average molecular weight is 376 g/mol. The molecule has 0 saturated carbocycles. The van der Waals surface area contributed by atoms with Crippen molar-refractivity contribution in [3.05, 3.63) is 64.4 Å². The highest BCUT2D eigenvalue weighted by atomic mass is 32.2. The number of fused-ring (bicyclic) bond motifs is 1. The number of hydrogen-bond donors (Lipinski definition) is 1. The third-order valence-electron chi connectivity index (χ3n) is 4.71. The highest BCUT2D eigenvalue weighted by Crippen LogP contribution is 2.29. The Bertz CT molecular complexity index is 1100. The van der Waals surface area contributed by atoms with Gasteiger partial charge in [0.15, 0.2) is 5.58 Å². The van der Waals surface area contributed by atoms with Gasteiger partial charge in [-0.1, -0.05) is 12.1 Å². The summed E-state index contributed by atoms with van der Waals surface area (Å²) in [6.07, 6.45) is 2.05. The van der Waals surface area contributed by atoms with E-state index in [1.54, 1.807) is 12.1 Å². The number of nitrogens with zero attached hydrogens (tertiary/aromatic N) is 1. The van der Waals surface area contributed by atoms with Crippen LogP contribution in [0.1, 0.15) is 18.4 Å². The molecule has 26 heavy (non-hydrogen) atoms. The Morgan fingerprint density at radius 2 is 1.96 bits per heavy atom. The van der Waals surface area contributed by atoms with Crippen LogP contribution in [0.3, 0.4) is 0 Å². The van der Waals surface area contributed by atoms with Gasteiger partial charge in [-0.3, -0.25) is 4.98 Å². The summed E-state index contributed by atoms with van der Waals surface area (Å²) in [7, 11) is -3.72. The van der Waals surface area contributed by atoms with E-state index in [0.717, 1.165) is 18.4 Å². The van der Waals surface area contributed by atoms with E-state index in [1.807, 2.05) is 0 Å². The smallest absolute Gasteiger partial charge is 0.408 e. The largest absolute Gasteiger partial charge is 0.417 e. The van der Waals surface area contributed by atoms with Crippen LogP contribution in [0.15, 0.2) is 56.6 Å². The third kappa shape index (κ3) is 3.06. The molecule has 0 spiro atoms. The van der Waals surface area contributed by atoms with E-state index in [0.29, 0.717) is 18.5 Å². The topological polar surface area (TPSA) is 83.4 Å². The molecule has 2 aromatic carbocycles. The molecule has 0 bridgehead atoms. The van der Waals surface area contributed by atoms with E-state index in [9.17, 15) is 17.6 Å². The molecule has 1 saturated heterocycles. The van der Waals surface area contributed by atoms with Crippen LogP contribution in [0.2, 0.25) is 0 Å². The van der Waals surface area contributed by atoms with Crippen LogP contribution in [-0.2, 0) is 16.4 Å². The summed E-state index contributed by atoms with van der Waals surface area (Å²) in [5.74, 6) is -0.934. The van der Waals surface area contributed by atoms with Gasteiger partial charge in [0.25, 0.3) is 0 Å². The fraction of sp³-hybridized carbons (Fsp3) is 0.278. The molecule has 1 aliphatic heterocycles. The van der Waals surface area contributed by atoms with Gasteiger partial charge in [-0.2, -0.15) is 4.31 Å². The van der Waals surface area contributed by atoms with Crippen LogP contribution in [0.4, 0.5) is 4.39 Å². The first-order valence-corrected chi connectivity index (χ1v) is 9.77. The number of aromatic amines is 1. The minimum absolute atomic E-state index is 0.0961. The first-order valence-electron chi connectivity index (χ1n) is 8.33. The molecule has 1 atom stereocenters. The maximum Gasteiger partial charge on any atom is 0.417 e. The summed E-state index contributed by atoms with van der Waals surface area (Å²) < 4.78 is 45.7. The molecule has 4 rings (SSSR count). The summed E-state index contributed by atoms with van der Waals surface area (Å²) in [4.78, 5) is 13.9. The summed E-state index contributed by atoms with van der Waals surface area (Å²) in [5, 5.41) is 0. The number of H-pyrrole nitrogens is 1. The van der Waals surface area contributed by atoms with Gasteiger partial charge in [0, 0.05) is 18.7 Å². The van der Waals surface area contributed by atoms with E-state index in [1.165, 1.54) is 34.6 Å². The molecule has 8 heteroatoms. The number of rotatable bonds is 4. The van der Waals surface area contributed by atoms with Crippen molar-refractivity contribution >= 4 is 21.1 Å². The number of hydrogen-bond acceptors (Lipinski definition) is 4. The summed E-state index contributed by atoms with van der Waals surface area (Å²) in [5.41, 5.74) is 1.56. The predicted octanol–water partition coefficient (Wildman–Crippen LogP) is 2.66. The van der Waals surface area contributed by atoms with Crippen LogP contribution in [0, 0.1) is 5.82 Å². The molecule has 2 heterocycles. The number of oxazole rings is 1. The van der Waals surface area contributed by atoms with Crippen molar-refractivity contribution in [2.24, 2.45) is 0 Å². The lowest BCUT2D eigenvalue weighted by Gasteiger charge is -2.24. The van der Waals surface area contributed by atoms with Crippen LogP contribution in [0.25, 0.3) is 11.1 Å². The Kier molecular flexibility index (Phi) is 4.16. The quantitative estimate of drug-likeness (QED) is 0.759. The zero-order valence-electron chi connectivity index (χ0n) is 13.8. The molecule has 1 fully saturated rings. The Balaban J connectivity index is 1.64. The molecule has 1 aliphatic rings. The van der Waals surface area contributed by atoms with Crippen LogP contribution < -0.4 is 5.76 Å². The normalized spacial score (nSPS) is 18.6. The minimum atomic E-state index is -3.72. The maximum absolute atomic E-state index is 13.1. The molecule has 1 unspecified atom stereocenters. The summed E-state index contributed by atoms with van der Waals surface area (Å²) in [6.45, 7) is 0.434. The monoisotopic (exact) mass is 376 g/mol. The second-order valence-electron chi connectivity index (χ2n) is 6.41. The van der Waals surface area contributed by atoms with Crippen LogP contribution in [0.5, 0.6) is 0 Å². The summed E-state index contributed by atoms with van der Waals surface area (Å²) >= 11 is 0. The lowest BCUT2D eigenvalue weighted by molar-refractivity contribution is 0.385. The average Bonchev–Trinajstić information content (AvgIpc) is 3.21. The van der Waals surface area contributed by atoms with Crippen molar-refractivity contribution in [2.75, 3.05) is 6.54 Å². The molecule has 136 valence electrons. The molecule has 1 aromatic heterocycles. The number of sulfonamides is 1. The Labute approximate surface area is 149 Å². The van der Waals surface area contributed by atoms with E-state index in [-0.39, 0.29) is 22.3 Å². The molecule has 1 N–H and O–H groups in total. The van der Waals surface area contributed by atoms with Crippen molar-refractivity contribution in [3.8, 4) is 0 Å². The van der Waals surface area contributed by atoms with Gasteiger partial charge in [0.1, 0.15) is 5.82 Å². The zero-order valence-corrected chi connectivity index (χ0v) is 14.6.